The van der Waals surface area contributed by atoms with E-state index in [-0.39, 0.29) is 18.6 Å². The van der Waals surface area contributed by atoms with Gasteiger partial charge >= 0.3 is 0 Å². The number of thiazole rings is 1. The van der Waals surface area contributed by atoms with Gasteiger partial charge in [-0.2, -0.15) is 0 Å². The molecule has 2 aliphatic rings. The zero-order valence-corrected chi connectivity index (χ0v) is 18.3. The molecule has 1 fully saturated rings. The van der Waals surface area contributed by atoms with Crippen molar-refractivity contribution in [1.29, 1.82) is 0 Å². The highest BCUT2D eigenvalue weighted by Gasteiger charge is 2.21. The van der Waals surface area contributed by atoms with E-state index in [1.165, 1.54) is 22.5 Å². The van der Waals surface area contributed by atoms with Crippen LogP contribution in [0.4, 0.5) is 5.13 Å². The fourth-order valence-electron chi connectivity index (χ4n) is 3.85. The standard InChI is InChI=1S/C22H26N4O4S/c1-14-20(31-22(23-14)26-9-11-30-12-10-26)21(29)25-24-19(28)8-7-18(27)17-6-5-15-3-2-4-16(15)13-17/h5-6,13H,2-4,7-12H2,1H3,(H,24,28)(H,25,29). The van der Waals surface area contributed by atoms with Crippen molar-refractivity contribution < 1.29 is 19.1 Å². The van der Waals surface area contributed by atoms with Crippen molar-refractivity contribution in [3.63, 3.8) is 0 Å². The summed E-state index contributed by atoms with van der Waals surface area (Å²) < 4.78 is 5.34. The minimum atomic E-state index is -0.409. The molecule has 1 aliphatic carbocycles. The smallest absolute Gasteiger partial charge is 0.281 e. The summed E-state index contributed by atoms with van der Waals surface area (Å²) in [4.78, 5) is 44.0. The van der Waals surface area contributed by atoms with Crippen LogP contribution in [0.5, 0.6) is 0 Å². The average Bonchev–Trinajstić information content (AvgIpc) is 3.42. The van der Waals surface area contributed by atoms with Crippen molar-refractivity contribution in [2.75, 3.05) is 31.2 Å². The van der Waals surface area contributed by atoms with Crippen LogP contribution in [0.2, 0.25) is 0 Å². The first-order chi connectivity index (χ1) is 15.0. The normalized spacial score (nSPS) is 15.5. The second-order valence-electron chi connectivity index (χ2n) is 7.77. The number of carbonyl (C=O) groups excluding carboxylic acids is 3. The first-order valence-corrected chi connectivity index (χ1v) is 11.4. The van der Waals surface area contributed by atoms with E-state index in [9.17, 15) is 14.4 Å². The molecule has 164 valence electrons. The minimum absolute atomic E-state index is 0.0108. The molecular formula is C22H26N4O4S. The number of hydrazine groups is 1. The van der Waals surface area contributed by atoms with E-state index in [0.717, 1.165) is 37.5 Å². The highest BCUT2D eigenvalue weighted by molar-refractivity contribution is 7.17. The largest absolute Gasteiger partial charge is 0.378 e. The van der Waals surface area contributed by atoms with Gasteiger partial charge in [0.25, 0.3) is 5.91 Å². The summed E-state index contributed by atoms with van der Waals surface area (Å²) in [6, 6.07) is 5.80. The predicted molar refractivity (Wildman–Crippen MR) is 118 cm³/mol. The Balaban J connectivity index is 1.25. The molecule has 9 heteroatoms. The number of ether oxygens (including phenoxy) is 1. The fourth-order valence-corrected chi connectivity index (χ4v) is 4.86. The van der Waals surface area contributed by atoms with Crippen LogP contribution in [0, 0.1) is 6.92 Å². The number of amides is 2. The van der Waals surface area contributed by atoms with E-state index in [1.807, 2.05) is 18.2 Å². The van der Waals surface area contributed by atoms with Gasteiger partial charge in [0.2, 0.25) is 5.91 Å². The maximum Gasteiger partial charge on any atom is 0.281 e. The van der Waals surface area contributed by atoms with E-state index >= 15 is 0 Å². The van der Waals surface area contributed by atoms with Gasteiger partial charge in [-0.05, 0) is 43.4 Å². The lowest BCUT2D eigenvalue weighted by Gasteiger charge is -2.25. The van der Waals surface area contributed by atoms with Crippen molar-refractivity contribution >= 4 is 34.1 Å². The van der Waals surface area contributed by atoms with Crippen LogP contribution >= 0.6 is 11.3 Å². The Morgan fingerprint density at radius 1 is 1.10 bits per heavy atom. The van der Waals surface area contributed by atoms with Crippen molar-refractivity contribution in [1.82, 2.24) is 15.8 Å². The summed E-state index contributed by atoms with van der Waals surface area (Å²) >= 11 is 1.29. The maximum atomic E-state index is 12.5. The third-order valence-corrected chi connectivity index (χ3v) is 6.81. The van der Waals surface area contributed by atoms with Gasteiger partial charge in [-0.15, -0.1) is 0 Å². The van der Waals surface area contributed by atoms with Crippen molar-refractivity contribution in [2.24, 2.45) is 0 Å². The number of hydrogen-bond donors (Lipinski definition) is 2. The molecule has 0 atom stereocenters. The number of ketones is 1. The summed E-state index contributed by atoms with van der Waals surface area (Å²) in [5.41, 5.74) is 8.64. The fraction of sp³-hybridized carbons (Fsp3) is 0.455. The Hall–Kier alpha value is -2.78. The lowest BCUT2D eigenvalue weighted by Crippen LogP contribution is -2.41. The van der Waals surface area contributed by atoms with E-state index in [2.05, 4.69) is 20.7 Å². The minimum Gasteiger partial charge on any atom is -0.378 e. The van der Waals surface area contributed by atoms with Crippen LogP contribution in [-0.4, -0.2) is 48.9 Å². The second kappa shape index (κ2) is 9.57. The van der Waals surface area contributed by atoms with Crippen LogP contribution in [-0.2, 0) is 22.4 Å². The SMILES string of the molecule is Cc1nc(N2CCOCC2)sc1C(=O)NNC(=O)CCC(=O)c1ccc2c(c1)CCC2. The molecule has 0 bridgehead atoms. The summed E-state index contributed by atoms with van der Waals surface area (Å²) in [7, 11) is 0. The number of aromatic nitrogens is 1. The van der Waals surface area contributed by atoms with Crippen molar-refractivity contribution in [2.45, 2.75) is 39.0 Å². The number of Topliss-reactive ketones (excluding diaryl/α,β-unsaturated/α-hetero) is 1. The molecule has 1 aliphatic heterocycles. The number of hydrogen-bond acceptors (Lipinski definition) is 7. The van der Waals surface area contributed by atoms with Crippen LogP contribution in [0.15, 0.2) is 18.2 Å². The third kappa shape index (κ3) is 5.11. The van der Waals surface area contributed by atoms with Gasteiger partial charge in [-0.1, -0.05) is 23.5 Å². The lowest BCUT2D eigenvalue weighted by molar-refractivity contribution is -0.121. The molecule has 1 aromatic carbocycles. The van der Waals surface area contributed by atoms with Crippen LogP contribution in [0.1, 0.15) is 56.1 Å². The zero-order valence-electron chi connectivity index (χ0n) is 17.5. The number of fused-ring (bicyclic) bond motifs is 1. The number of morpholine rings is 1. The second-order valence-corrected chi connectivity index (χ2v) is 8.75. The summed E-state index contributed by atoms with van der Waals surface area (Å²) in [6.07, 6.45) is 3.31. The summed E-state index contributed by atoms with van der Waals surface area (Å²) in [5, 5.41) is 0.775. The summed E-state index contributed by atoms with van der Waals surface area (Å²) in [5.74, 6) is -0.879. The maximum absolute atomic E-state index is 12.5. The molecule has 1 aromatic heterocycles. The van der Waals surface area contributed by atoms with E-state index in [4.69, 9.17) is 4.74 Å². The number of rotatable bonds is 6. The molecule has 0 spiro atoms. The van der Waals surface area contributed by atoms with Crippen molar-refractivity contribution in [3.8, 4) is 0 Å². The number of nitrogens with one attached hydrogen (secondary N) is 2. The molecular weight excluding hydrogens is 416 g/mol. The van der Waals surface area contributed by atoms with E-state index in [0.29, 0.717) is 29.3 Å². The summed E-state index contributed by atoms with van der Waals surface area (Å²) in [6.45, 7) is 4.53. The van der Waals surface area contributed by atoms with E-state index < -0.39 is 11.8 Å². The quantitative estimate of drug-likeness (QED) is 0.526. The third-order valence-electron chi connectivity index (χ3n) is 5.59. The number of benzene rings is 1. The Kier molecular flexibility index (Phi) is 6.62. The molecule has 4 rings (SSSR count). The first kappa shape index (κ1) is 21.5. The Morgan fingerprint density at radius 3 is 2.68 bits per heavy atom. The Morgan fingerprint density at radius 2 is 1.87 bits per heavy atom. The van der Waals surface area contributed by atoms with E-state index in [1.54, 1.807) is 6.92 Å². The van der Waals surface area contributed by atoms with Gasteiger partial charge in [-0.25, -0.2) is 4.98 Å². The van der Waals surface area contributed by atoms with Crippen LogP contribution < -0.4 is 15.8 Å². The van der Waals surface area contributed by atoms with Gasteiger partial charge in [0.05, 0.1) is 18.9 Å². The molecule has 0 radical (unpaired) electrons. The number of aryl methyl sites for hydroxylation is 3. The molecule has 0 saturated carbocycles. The zero-order chi connectivity index (χ0) is 21.8. The molecule has 2 N–H and O–H groups in total. The average molecular weight is 443 g/mol. The Bertz CT molecular complexity index is 997. The molecule has 2 heterocycles. The highest BCUT2D eigenvalue weighted by Crippen LogP contribution is 2.26. The van der Waals surface area contributed by atoms with Crippen LogP contribution in [0.25, 0.3) is 0 Å². The van der Waals surface area contributed by atoms with Gasteiger partial charge in [0, 0.05) is 31.5 Å². The topological polar surface area (TPSA) is 101 Å². The highest BCUT2D eigenvalue weighted by atomic mass is 32.1. The molecule has 31 heavy (non-hydrogen) atoms. The molecule has 2 amide bonds. The lowest BCUT2D eigenvalue weighted by atomic mass is 10.0. The van der Waals surface area contributed by atoms with Gasteiger partial charge in [0.1, 0.15) is 4.88 Å². The van der Waals surface area contributed by atoms with Gasteiger partial charge < -0.3 is 9.64 Å². The molecule has 2 aromatic rings. The molecule has 8 nitrogen and oxygen atoms in total. The van der Waals surface area contributed by atoms with Gasteiger partial charge in [-0.3, -0.25) is 25.2 Å². The number of anilines is 1. The Labute approximate surface area is 185 Å². The van der Waals surface area contributed by atoms with Gasteiger partial charge in [0.15, 0.2) is 10.9 Å². The van der Waals surface area contributed by atoms with Crippen molar-refractivity contribution in [3.05, 3.63) is 45.5 Å². The molecule has 1 saturated heterocycles. The first-order valence-electron chi connectivity index (χ1n) is 10.6. The predicted octanol–water partition coefficient (Wildman–Crippen LogP) is 2.20. The van der Waals surface area contributed by atoms with Crippen LogP contribution in [0.3, 0.4) is 0 Å². The monoisotopic (exact) mass is 442 g/mol. The molecule has 0 unspecified atom stereocenters. The number of nitrogens with zero attached hydrogens (tertiary/aromatic N) is 2. The number of carbonyl (C=O) groups is 3.